The van der Waals surface area contributed by atoms with Crippen LogP contribution >= 0.6 is 0 Å². The third-order valence-electron chi connectivity index (χ3n) is 5.42. The Morgan fingerprint density at radius 2 is 1.90 bits per heavy atom. The average Bonchev–Trinajstić information content (AvgIpc) is 3.56. The van der Waals surface area contributed by atoms with Crippen molar-refractivity contribution in [1.82, 2.24) is 0 Å². The number of anilines is 1. The van der Waals surface area contributed by atoms with Gasteiger partial charge in [0.1, 0.15) is 0 Å². The topological polar surface area (TPSA) is 92.9 Å². The van der Waals surface area contributed by atoms with Crippen LogP contribution in [0.2, 0.25) is 0 Å². The minimum atomic E-state index is -3.38. The van der Waals surface area contributed by atoms with Crippen molar-refractivity contribution in [2.24, 2.45) is 11.7 Å². The van der Waals surface area contributed by atoms with Crippen molar-refractivity contribution >= 4 is 21.8 Å². The van der Waals surface area contributed by atoms with Crippen LogP contribution < -0.4 is 10.0 Å². The lowest BCUT2D eigenvalue weighted by atomic mass is 9.93. The smallest absolute Gasteiger partial charge is 0.231 e. The molecule has 31 heavy (non-hydrogen) atoms. The van der Waals surface area contributed by atoms with Crippen molar-refractivity contribution in [2.75, 3.05) is 30.8 Å². The molecule has 0 bridgehead atoms. The van der Waals surface area contributed by atoms with Crippen LogP contribution in [0.25, 0.3) is 6.08 Å². The molecule has 0 heterocycles. The predicted octanol–water partition coefficient (Wildman–Crippen LogP) is 2.95. The number of ether oxygens (including phenoxy) is 1. The lowest BCUT2D eigenvalue weighted by molar-refractivity contribution is 0.0458. The first-order valence-electron chi connectivity index (χ1n) is 10.5. The molecule has 0 aliphatic heterocycles. The summed E-state index contributed by atoms with van der Waals surface area (Å²) < 4.78 is 31.2. The quantitative estimate of drug-likeness (QED) is 0.556. The van der Waals surface area contributed by atoms with Crippen molar-refractivity contribution < 1.29 is 18.3 Å². The maximum absolute atomic E-state index is 12.0. The Morgan fingerprint density at radius 1 is 1.19 bits per heavy atom. The molecule has 1 fully saturated rings. The summed E-state index contributed by atoms with van der Waals surface area (Å²) in [5.41, 5.74) is 8.89. The maximum Gasteiger partial charge on any atom is 0.231 e. The number of hydrogen-bond donors (Lipinski definition) is 2. The Bertz CT molecular complexity index is 1000. The van der Waals surface area contributed by atoms with E-state index in [1.165, 1.54) is 23.4 Å². The molecule has 2 aromatic carbocycles. The molecule has 0 spiro atoms. The van der Waals surface area contributed by atoms with Gasteiger partial charge in [0, 0.05) is 7.05 Å². The molecule has 6 nitrogen and oxygen atoms in total. The second-order valence-corrected chi connectivity index (χ2v) is 10.5. The Kier molecular flexibility index (Phi) is 7.54. The Morgan fingerprint density at radius 3 is 2.52 bits per heavy atom. The normalized spacial score (nSPS) is 16.4. The number of rotatable bonds is 11. The number of hydrogen-bond acceptors (Lipinski definition) is 5. The minimum Gasteiger partial charge on any atom is -0.394 e. The molecule has 1 saturated carbocycles. The highest BCUT2D eigenvalue weighted by atomic mass is 32.2. The molecule has 0 saturated heterocycles. The maximum atomic E-state index is 12.0. The zero-order valence-electron chi connectivity index (χ0n) is 18.2. The first-order chi connectivity index (χ1) is 14.7. The lowest BCUT2D eigenvalue weighted by Crippen LogP contribution is -2.50. The fourth-order valence-corrected chi connectivity index (χ4v) is 3.80. The molecular weight excluding hydrogens is 412 g/mol. The van der Waals surface area contributed by atoms with Gasteiger partial charge < -0.3 is 15.6 Å². The lowest BCUT2D eigenvalue weighted by Gasteiger charge is -2.27. The zero-order valence-corrected chi connectivity index (χ0v) is 19.0. The van der Waals surface area contributed by atoms with E-state index in [0.29, 0.717) is 18.0 Å². The van der Waals surface area contributed by atoms with E-state index in [1.807, 2.05) is 54.6 Å². The van der Waals surface area contributed by atoms with Crippen molar-refractivity contribution in [3.05, 3.63) is 71.3 Å². The molecule has 7 heteroatoms. The standard InChI is InChI=1S/C24H32N2O4S/c1-26(31(2,28)29)23-13-21(11-10-19-8-9-19)12-22(14-23)16-30-18-24(25,17-27)15-20-6-4-3-5-7-20/h3-7,10-14,19,27H,8-9,15-18,25H2,1-2H3/b11-10-. The molecular formula is C24H32N2O4S. The summed E-state index contributed by atoms with van der Waals surface area (Å²) in [6.07, 6.45) is 8.30. The van der Waals surface area contributed by atoms with Gasteiger partial charge in [0.25, 0.3) is 0 Å². The SMILES string of the molecule is CN(c1cc(/C=C\C2CC2)cc(COCC(N)(CO)Cc2ccccc2)c1)S(C)(=O)=O. The molecule has 2 aromatic rings. The van der Waals surface area contributed by atoms with Gasteiger partial charge >= 0.3 is 0 Å². The first kappa shape index (κ1) is 23.5. The summed E-state index contributed by atoms with van der Waals surface area (Å²) in [5.74, 6) is 0.622. The molecule has 1 atom stereocenters. The zero-order chi connectivity index (χ0) is 22.5. The van der Waals surface area contributed by atoms with Gasteiger partial charge in [-0.1, -0.05) is 42.5 Å². The van der Waals surface area contributed by atoms with Crippen LogP contribution in [0, 0.1) is 5.92 Å². The van der Waals surface area contributed by atoms with Crippen molar-refractivity contribution in [3.8, 4) is 0 Å². The van der Waals surface area contributed by atoms with Crippen LogP contribution in [0.1, 0.15) is 29.5 Å². The summed E-state index contributed by atoms with van der Waals surface area (Å²) in [5, 5.41) is 9.83. The van der Waals surface area contributed by atoms with Crippen LogP contribution in [-0.4, -0.2) is 45.6 Å². The predicted molar refractivity (Wildman–Crippen MR) is 125 cm³/mol. The Labute approximate surface area is 185 Å². The van der Waals surface area contributed by atoms with Crippen molar-refractivity contribution in [1.29, 1.82) is 0 Å². The molecule has 1 aliphatic carbocycles. The number of aliphatic hydroxyl groups is 1. The van der Waals surface area contributed by atoms with Crippen LogP contribution in [0.4, 0.5) is 5.69 Å². The van der Waals surface area contributed by atoms with E-state index in [1.54, 1.807) is 7.05 Å². The summed E-state index contributed by atoms with van der Waals surface area (Å²) in [4.78, 5) is 0. The molecule has 3 rings (SSSR count). The molecule has 168 valence electrons. The Hall–Kier alpha value is -2.19. The number of sulfonamides is 1. The van der Waals surface area contributed by atoms with Gasteiger partial charge in [0.05, 0.1) is 37.3 Å². The second-order valence-electron chi connectivity index (χ2n) is 8.54. The minimum absolute atomic E-state index is 0.178. The third kappa shape index (κ3) is 7.18. The van der Waals surface area contributed by atoms with E-state index < -0.39 is 15.6 Å². The largest absolute Gasteiger partial charge is 0.394 e. The van der Waals surface area contributed by atoms with E-state index in [-0.39, 0.29) is 19.8 Å². The molecule has 0 amide bonds. The van der Waals surface area contributed by atoms with Crippen molar-refractivity contribution in [2.45, 2.75) is 31.4 Å². The molecule has 0 radical (unpaired) electrons. The van der Waals surface area contributed by atoms with Crippen LogP contribution in [0.5, 0.6) is 0 Å². The van der Waals surface area contributed by atoms with Gasteiger partial charge in [0.15, 0.2) is 0 Å². The van der Waals surface area contributed by atoms with E-state index >= 15 is 0 Å². The Balaban J connectivity index is 1.72. The number of nitrogens with two attached hydrogens (primary N) is 1. The first-order valence-corrected chi connectivity index (χ1v) is 12.3. The molecule has 3 N–H and O–H groups in total. The third-order valence-corrected chi connectivity index (χ3v) is 6.62. The van der Waals surface area contributed by atoms with E-state index in [9.17, 15) is 13.5 Å². The van der Waals surface area contributed by atoms with Crippen LogP contribution in [0.3, 0.4) is 0 Å². The van der Waals surface area contributed by atoms with Gasteiger partial charge in [0.2, 0.25) is 10.0 Å². The fraction of sp³-hybridized carbons (Fsp3) is 0.417. The summed E-state index contributed by atoms with van der Waals surface area (Å²) >= 11 is 0. The highest BCUT2D eigenvalue weighted by Crippen LogP contribution is 2.31. The molecule has 0 aromatic heterocycles. The summed E-state index contributed by atoms with van der Waals surface area (Å²) in [7, 11) is -1.83. The summed E-state index contributed by atoms with van der Waals surface area (Å²) in [6.45, 7) is 0.245. The van der Waals surface area contributed by atoms with E-state index in [0.717, 1.165) is 16.7 Å². The highest BCUT2D eigenvalue weighted by Gasteiger charge is 2.25. The fourth-order valence-electron chi connectivity index (χ4n) is 3.32. The number of allylic oxidation sites excluding steroid dienone is 1. The second kappa shape index (κ2) is 9.96. The highest BCUT2D eigenvalue weighted by molar-refractivity contribution is 7.92. The molecule has 1 unspecified atom stereocenters. The molecule has 1 aliphatic rings. The van der Waals surface area contributed by atoms with E-state index in [2.05, 4.69) is 6.08 Å². The average molecular weight is 445 g/mol. The van der Waals surface area contributed by atoms with Gasteiger partial charge in [-0.3, -0.25) is 4.31 Å². The van der Waals surface area contributed by atoms with Gasteiger partial charge in [-0.25, -0.2) is 8.42 Å². The van der Waals surface area contributed by atoms with Gasteiger partial charge in [-0.15, -0.1) is 0 Å². The van der Waals surface area contributed by atoms with Crippen molar-refractivity contribution in [3.63, 3.8) is 0 Å². The van der Waals surface area contributed by atoms with Gasteiger partial charge in [-0.05, 0) is 60.1 Å². The van der Waals surface area contributed by atoms with Crippen LogP contribution in [0.15, 0.2) is 54.6 Å². The van der Waals surface area contributed by atoms with Crippen LogP contribution in [-0.2, 0) is 27.8 Å². The summed E-state index contributed by atoms with van der Waals surface area (Å²) in [6, 6.07) is 15.4. The number of nitrogens with zero attached hydrogens (tertiary/aromatic N) is 1. The number of benzene rings is 2. The number of aliphatic hydroxyl groups excluding tert-OH is 1. The van der Waals surface area contributed by atoms with Gasteiger partial charge in [-0.2, -0.15) is 0 Å². The van der Waals surface area contributed by atoms with E-state index in [4.69, 9.17) is 10.5 Å². The monoisotopic (exact) mass is 444 g/mol.